The highest BCUT2D eigenvalue weighted by atomic mass is 35.5. The van der Waals surface area contributed by atoms with Gasteiger partial charge in [-0.3, -0.25) is 9.59 Å². The lowest BCUT2D eigenvalue weighted by molar-refractivity contribution is -0.141. The van der Waals surface area contributed by atoms with E-state index in [2.05, 4.69) is 5.10 Å². The SMILES string of the molecule is COCCN(CC(=O)N1N=C(c2cccc(OC)c2)C[C@H]1c1ccc(Cl)cc1)C(C)=O. The molecule has 7 nitrogen and oxygen atoms in total. The van der Waals surface area contributed by atoms with Gasteiger partial charge in [0.05, 0.1) is 25.5 Å². The fourth-order valence-electron chi connectivity index (χ4n) is 3.45. The van der Waals surface area contributed by atoms with Gasteiger partial charge in [-0.05, 0) is 29.8 Å². The first kappa shape index (κ1) is 22.8. The molecule has 1 aliphatic rings. The van der Waals surface area contributed by atoms with Crippen LogP contribution >= 0.6 is 11.6 Å². The maximum atomic E-state index is 13.2. The lowest BCUT2D eigenvalue weighted by Gasteiger charge is -2.26. The zero-order valence-corrected chi connectivity index (χ0v) is 18.6. The molecule has 0 radical (unpaired) electrons. The number of methoxy groups -OCH3 is 2. The third kappa shape index (κ3) is 5.62. The van der Waals surface area contributed by atoms with E-state index in [-0.39, 0.29) is 24.4 Å². The summed E-state index contributed by atoms with van der Waals surface area (Å²) in [6.45, 7) is 2.06. The van der Waals surface area contributed by atoms with E-state index in [0.29, 0.717) is 24.6 Å². The van der Waals surface area contributed by atoms with Crippen LogP contribution in [0.1, 0.15) is 30.5 Å². The first-order chi connectivity index (χ1) is 14.9. The molecule has 0 unspecified atom stereocenters. The maximum absolute atomic E-state index is 13.2. The molecule has 164 valence electrons. The van der Waals surface area contributed by atoms with Crippen molar-refractivity contribution in [3.63, 3.8) is 0 Å². The molecule has 0 saturated carbocycles. The number of hydrogen-bond donors (Lipinski definition) is 0. The summed E-state index contributed by atoms with van der Waals surface area (Å²) in [7, 11) is 3.17. The van der Waals surface area contributed by atoms with Gasteiger partial charge in [0.25, 0.3) is 5.91 Å². The minimum atomic E-state index is -0.290. The Balaban J connectivity index is 1.90. The standard InChI is InChI=1S/C23H26ClN3O4/c1-16(28)26(11-12-30-2)15-23(29)27-22(17-7-9-19(24)10-8-17)14-21(25-27)18-5-4-6-20(13-18)31-3/h4-10,13,22H,11-12,14-15H2,1-3H3/t22-/m0/s1. The van der Waals surface area contributed by atoms with Crippen molar-refractivity contribution in [3.05, 3.63) is 64.7 Å². The van der Waals surface area contributed by atoms with Gasteiger partial charge in [-0.25, -0.2) is 5.01 Å². The Morgan fingerprint density at radius 1 is 1.19 bits per heavy atom. The molecule has 2 amide bonds. The van der Waals surface area contributed by atoms with Crippen LogP contribution < -0.4 is 4.74 Å². The molecule has 0 fully saturated rings. The number of nitrogens with zero attached hydrogens (tertiary/aromatic N) is 3. The molecule has 0 bridgehead atoms. The Morgan fingerprint density at radius 2 is 1.94 bits per heavy atom. The van der Waals surface area contributed by atoms with Crippen molar-refractivity contribution in [2.45, 2.75) is 19.4 Å². The van der Waals surface area contributed by atoms with E-state index in [9.17, 15) is 9.59 Å². The average Bonchev–Trinajstić information content (AvgIpc) is 3.22. The second-order valence-electron chi connectivity index (χ2n) is 7.22. The lowest BCUT2D eigenvalue weighted by Crippen LogP contribution is -2.41. The monoisotopic (exact) mass is 443 g/mol. The zero-order valence-electron chi connectivity index (χ0n) is 17.9. The van der Waals surface area contributed by atoms with Crippen LogP contribution in [0, 0.1) is 0 Å². The Bertz CT molecular complexity index is 962. The molecule has 1 aliphatic heterocycles. The molecule has 0 N–H and O–H groups in total. The molecule has 0 aliphatic carbocycles. The van der Waals surface area contributed by atoms with Gasteiger partial charge in [0.1, 0.15) is 12.3 Å². The summed E-state index contributed by atoms with van der Waals surface area (Å²) in [5.41, 5.74) is 2.58. The van der Waals surface area contributed by atoms with E-state index in [1.807, 2.05) is 36.4 Å². The maximum Gasteiger partial charge on any atom is 0.262 e. The molecule has 8 heteroatoms. The summed E-state index contributed by atoms with van der Waals surface area (Å²) in [5, 5.41) is 6.74. The Kier molecular flexibility index (Phi) is 7.65. The number of rotatable bonds is 8. The first-order valence-electron chi connectivity index (χ1n) is 9.96. The van der Waals surface area contributed by atoms with Crippen molar-refractivity contribution in [2.75, 3.05) is 33.9 Å². The molecule has 0 aromatic heterocycles. The Labute approximate surface area is 187 Å². The van der Waals surface area contributed by atoms with E-state index in [1.54, 1.807) is 26.4 Å². The van der Waals surface area contributed by atoms with Crippen LogP contribution in [-0.2, 0) is 14.3 Å². The topological polar surface area (TPSA) is 71.4 Å². The van der Waals surface area contributed by atoms with Gasteiger partial charge in [-0.2, -0.15) is 5.10 Å². The largest absolute Gasteiger partial charge is 0.497 e. The van der Waals surface area contributed by atoms with Crippen molar-refractivity contribution in [1.29, 1.82) is 0 Å². The van der Waals surface area contributed by atoms with Gasteiger partial charge in [0.2, 0.25) is 5.91 Å². The van der Waals surface area contributed by atoms with Crippen LogP contribution in [0.15, 0.2) is 53.6 Å². The Morgan fingerprint density at radius 3 is 2.58 bits per heavy atom. The molecular formula is C23H26ClN3O4. The summed E-state index contributed by atoms with van der Waals surface area (Å²) in [6, 6.07) is 14.7. The van der Waals surface area contributed by atoms with Gasteiger partial charge in [-0.1, -0.05) is 35.9 Å². The number of halogens is 1. The fourth-order valence-corrected chi connectivity index (χ4v) is 3.57. The molecule has 0 saturated heterocycles. The minimum Gasteiger partial charge on any atom is -0.497 e. The second kappa shape index (κ2) is 10.4. The van der Waals surface area contributed by atoms with Crippen LogP contribution in [0.2, 0.25) is 5.02 Å². The van der Waals surface area contributed by atoms with Gasteiger partial charge in [0, 0.05) is 37.6 Å². The Hall–Kier alpha value is -2.90. The van der Waals surface area contributed by atoms with Gasteiger partial charge in [0.15, 0.2) is 0 Å². The normalized spacial score (nSPS) is 15.5. The highest BCUT2D eigenvalue weighted by Gasteiger charge is 2.34. The van der Waals surface area contributed by atoms with Crippen molar-refractivity contribution in [1.82, 2.24) is 9.91 Å². The van der Waals surface area contributed by atoms with Crippen molar-refractivity contribution in [3.8, 4) is 5.75 Å². The molecule has 2 aromatic carbocycles. The number of hydrogen-bond acceptors (Lipinski definition) is 5. The second-order valence-corrected chi connectivity index (χ2v) is 7.66. The highest BCUT2D eigenvalue weighted by molar-refractivity contribution is 6.30. The van der Waals surface area contributed by atoms with Crippen LogP contribution in [0.4, 0.5) is 0 Å². The van der Waals surface area contributed by atoms with Crippen molar-refractivity contribution >= 4 is 29.1 Å². The summed E-state index contributed by atoms with van der Waals surface area (Å²) < 4.78 is 10.4. The van der Waals surface area contributed by atoms with Crippen molar-refractivity contribution < 1.29 is 19.1 Å². The summed E-state index contributed by atoms with van der Waals surface area (Å²) in [5.74, 6) is 0.268. The van der Waals surface area contributed by atoms with Crippen molar-refractivity contribution in [2.24, 2.45) is 5.10 Å². The van der Waals surface area contributed by atoms with E-state index >= 15 is 0 Å². The van der Waals surface area contributed by atoms with Gasteiger partial charge in [-0.15, -0.1) is 0 Å². The average molecular weight is 444 g/mol. The number of benzene rings is 2. The number of hydrazone groups is 1. The fraction of sp³-hybridized carbons (Fsp3) is 0.348. The number of carbonyl (C=O) groups excluding carboxylic acids is 2. The van der Waals surface area contributed by atoms with E-state index in [4.69, 9.17) is 21.1 Å². The molecule has 2 aromatic rings. The molecule has 1 heterocycles. The first-order valence-corrected chi connectivity index (χ1v) is 10.3. The van der Waals surface area contributed by atoms with Crippen LogP contribution in [-0.4, -0.2) is 61.4 Å². The van der Waals surface area contributed by atoms with Crippen LogP contribution in [0.5, 0.6) is 5.75 Å². The third-order valence-electron chi connectivity index (χ3n) is 5.16. The predicted octanol–water partition coefficient (Wildman–Crippen LogP) is 3.52. The molecule has 1 atom stereocenters. The van der Waals surface area contributed by atoms with Gasteiger partial charge >= 0.3 is 0 Å². The quantitative estimate of drug-likeness (QED) is 0.625. The number of amides is 2. The van der Waals surface area contributed by atoms with Crippen LogP contribution in [0.25, 0.3) is 0 Å². The van der Waals surface area contributed by atoms with Gasteiger partial charge < -0.3 is 14.4 Å². The predicted molar refractivity (Wildman–Crippen MR) is 119 cm³/mol. The molecular weight excluding hydrogens is 418 g/mol. The number of carbonyl (C=O) groups is 2. The molecule has 31 heavy (non-hydrogen) atoms. The van der Waals surface area contributed by atoms with E-state index in [0.717, 1.165) is 22.6 Å². The van der Waals surface area contributed by atoms with E-state index in [1.165, 1.54) is 16.8 Å². The molecule has 3 rings (SSSR count). The summed E-state index contributed by atoms with van der Waals surface area (Å²) >= 11 is 6.05. The van der Waals surface area contributed by atoms with E-state index < -0.39 is 0 Å². The third-order valence-corrected chi connectivity index (χ3v) is 5.41. The summed E-state index contributed by atoms with van der Waals surface area (Å²) in [6.07, 6.45) is 0.540. The minimum absolute atomic E-state index is 0.0718. The molecule has 0 spiro atoms. The van der Waals surface area contributed by atoms with Crippen LogP contribution in [0.3, 0.4) is 0 Å². The highest BCUT2D eigenvalue weighted by Crippen LogP contribution is 2.34. The lowest BCUT2D eigenvalue weighted by atomic mass is 9.98. The summed E-state index contributed by atoms with van der Waals surface area (Å²) in [4.78, 5) is 26.7. The number of ether oxygens (including phenoxy) is 2. The zero-order chi connectivity index (χ0) is 22.4. The smallest absolute Gasteiger partial charge is 0.262 e.